The number of benzene rings is 2. The molecule has 0 aliphatic heterocycles. The highest BCUT2D eigenvalue weighted by Crippen LogP contribution is 2.23. The average Bonchev–Trinajstić information content (AvgIpc) is 2.62. The van der Waals surface area contributed by atoms with E-state index in [-0.39, 0.29) is 11.9 Å². The largest absolute Gasteiger partial charge is 0.377 e. The van der Waals surface area contributed by atoms with Gasteiger partial charge in [-0.1, -0.05) is 19.9 Å². The highest BCUT2D eigenvalue weighted by Gasteiger charge is 2.15. The number of nitrogens with one attached hydrogen (secondary N) is 3. The molecule has 0 unspecified atom stereocenters. The first-order valence-electron chi connectivity index (χ1n) is 9.42. The lowest BCUT2D eigenvalue weighted by atomic mass is 10.1. The van der Waals surface area contributed by atoms with Crippen LogP contribution in [0.4, 0.5) is 21.9 Å². The third-order valence-electron chi connectivity index (χ3n) is 4.42. The lowest BCUT2D eigenvalue weighted by Crippen LogP contribution is -2.29. The molecule has 3 N–H and O–H groups in total. The first-order valence-corrected chi connectivity index (χ1v) is 9.42. The van der Waals surface area contributed by atoms with Gasteiger partial charge in [0.15, 0.2) is 0 Å². The van der Waals surface area contributed by atoms with E-state index in [1.54, 1.807) is 12.1 Å². The van der Waals surface area contributed by atoms with Gasteiger partial charge >= 0.3 is 6.03 Å². The van der Waals surface area contributed by atoms with Crippen LogP contribution in [0.5, 0.6) is 0 Å². The molecule has 0 atom stereocenters. The molecule has 2 rings (SSSR count). The van der Waals surface area contributed by atoms with Gasteiger partial charge in [-0.15, -0.1) is 0 Å². The summed E-state index contributed by atoms with van der Waals surface area (Å²) < 4.78 is 0. The van der Waals surface area contributed by atoms with Crippen molar-refractivity contribution in [1.82, 2.24) is 5.32 Å². The predicted molar refractivity (Wildman–Crippen MR) is 116 cm³/mol. The van der Waals surface area contributed by atoms with Gasteiger partial charge in [-0.3, -0.25) is 4.79 Å². The minimum atomic E-state index is -0.352. The standard InChI is InChI=1S/C22H30N4O2/c1-14(2)13-23-21(27)19-12-18(9-10-20(19)26(5)6)25-22(28)24-17-8-7-15(3)16(4)11-17/h7-12,14H,13H2,1-6H3,(H,23,27)(H2,24,25,28). The minimum absolute atomic E-state index is 0.157. The van der Waals surface area contributed by atoms with Crippen LogP contribution in [0.3, 0.4) is 0 Å². The second kappa shape index (κ2) is 9.26. The Labute approximate surface area is 167 Å². The fourth-order valence-corrected chi connectivity index (χ4v) is 2.69. The Balaban J connectivity index is 2.16. The van der Waals surface area contributed by atoms with E-state index >= 15 is 0 Å². The van der Waals surface area contributed by atoms with Crippen molar-refractivity contribution >= 4 is 29.0 Å². The topological polar surface area (TPSA) is 73.5 Å². The molecule has 0 aromatic heterocycles. The van der Waals surface area contributed by atoms with Gasteiger partial charge in [0.25, 0.3) is 5.91 Å². The Kier molecular flexibility index (Phi) is 7.04. The zero-order chi connectivity index (χ0) is 20.8. The molecule has 0 saturated carbocycles. The normalized spacial score (nSPS) is 10.5. The van der Waals surface area contributed by atoms with E-state index in [0.717, 1.165) is 16.9 Å². The zero-order valence-corrected chi connectivity index (χ0v) is 17.5. The Bertz CT molecular complexity index is 860. The maximum absolute atomic E-state index is 12.6. The van der Waals surface area contributed by atoms with Gasteiger partial charge in [0.1, 0.15) is 0 Å². The summed E-state index contributed by atoms with van der Waals surface area (Å²) >= 11 is 0. The lowest BCUT2D eigenvalue weighted by molar-refractivity contribution is 0.0949. The van der Waals surface area contributed by atoms with Gasteiger partial charge in [-0.05, 0) is 61.2 Å². The Hall–Kier alpha value is -3.02. The smallest absolute Gasteiger partial charge is 0.323 e. The second-order valence-corrected chi connectivity index (χ2v) is 7.61. The SMILES string of the molecule is Cc1ccc(NC(=O)Nc2ccc(N(C)C)c(C(=O)NCC(C)C)c2)cc1C. The molecule has 0 fully saturated rings. The molecule has 0 radical (unpaired) electrons. The number of carbonyl (C=O) groups is 2. The van der Waals surface area contributed by atoms with E-state index in [9.17, 15) is 9.59 Å². The van der Waals surface area contributed by atoms with Crippen LogP contribution in [-0.4, -0.2) is 32.6 Å². The van der Waals surface area contributed by atoms with Gasteiger partial charge in [0.2, 0.25) is 0 Å². The van der Waals surface area contributed by atoms with Gasteiger partial charge in [-0.2, -0.15) is 0 Å². The molecule has 0 bridgehead atoms. The van der Waals surface area contributed by atoms with Crippen LogP contribution in [0.1, 0.15) is 35.3 Å². The average molecular weight is 383 g/mol. The predicted octanol–water partition coefficient (Wildman–Crippen LogP) is 4.40. The van der Waals surface area contributed by atoms with E-state index < -0.39 is 0 Å². The van der Waals surface area contributed by atoms with Crippen molar-refractivity contribution in [2.75, 3.05) is 36.2 Å². The number of urea groups is 1. The van der Waals surface area contributed by atoms with Crippen LogP contribution >= 0.6 is 0 Å². The number of amides is 3. The van der Waals surface area contributed by atoms with Crippen LogP contribution in [0, 0.1) is 19.8 Å². The molecule has 150 valence electrons. The molecule has 6 heteroatoms. The van der Waals surface area contributed by atoms with Crippen molar-refractivity contribution in [2.45, 2.75) is 27.7 Å². The molecular weight excluding hydrogens is 352 g/mol. The van der Waals surface area contributed by atoms with Gasteiger partial charge < -0.3 is 20.9 Å². The van der Waals surface area contributed by atoms with Crippen molar-refractivity contribution in [2.24, 2.45) is 5.92 Å². The Morgan fingerprint density at radius 2 is 1.54 bits per heavy atom. The molecule has 3 amide bonds. The fraction of sp³-hybridized carbons (Fsp3) is 0.364. The van der Waals surface area contributed by atoms with Crippen molar-refractivity contribution in [3.8, 4) is 0 Å². The number of anilines is 3. The molecule has 28 heavy (non-hydrogen) atoms. The molecule has 0 aliphatic carbocycles. The van der Waals surface area contributed by atoms with Crippen LogP contribution < -0.4 is 20.9 Å². The molecule has 0 aliphatic rings. The summed E-state index contributed by atoms with van der Waals surface area (Å²) in [5.41, 5.74) is 4.87. The third-order valence-corrected chi connectivity index (χ3v) is 4.42. The van der Waals surface area contributed by atoms with Gasteiger partial charge in [0.05, 0.1) is 5.56 Å². The van der Waals surface area contributed by atoms with Crippen LogP contribution in [-0.2, 0) is 0 Å². The molecule has 2 aromatic carbocycles. The zero-order valence-electron chi connectivity index (χ0n) is 17.5. The number of carbonyl (C=O) groups excluding carboxylic acids is 2. The number of rotatable bonds is 6. The van der Waals surface area contributed by atoms with Gasteiger partial charge in [-0.25, -0.2) is 4.79 Å². The molecule has 6 nitrogen and oxygen atoms in total. The summed E-state index contributed by atoms with van der Waals surface area (Å²) in [7, 11) is 3.77. The molecule has 2 aromatic rings. The highest BCUT2D eigenvalue weighted by atomic mass is 16.2. The van der Waals surface area contributed by atoms with E-state index in [2.05, 4.69) is 16.0 Å². The Morgan fingerprint density at radius 3 is 2.11 bits per heavy atom. The highest BCUT2D eigenvalue weighted by molar-refractivity contribution is 6.04. The number of aryl methyl sites for hydroxylation is 2. The monoisotopic (exact) mass is 382 g/mol. The van der Waals surface area contributed by atoms with Crippen LogP contribution in [0.25, 0.3) is 0 Å². The van der Waals surface area contributed by atoms with E-state index in [4.69, 9.17) is 0 Å². The summed E-state index contributed by atoms with van der Waals surface area (Å²) in [6.45, 7) is 8.71. The first kappa shape index (κ1) is 21.3. The summed E-state index contributed by atoms with van der Waals surface area (Å²) in [5.74, 6) is 0.201. The molecular formula is C22H30N4O2. The van der Waals surface area contributed by atoms with E-state index in [1.165, 1.54) is 5.56 Å². The number of nitrogens with zero attached hydrogens (tertiary/aromatic N) is 1. The quantitative estimate of drug-likeness (QED) is 0.693. The first-order chi connectivity index (χ1) is 13.2. The minimum Gasteiger partial charge on any atom is -0.377 e. The maximum Gasteiger partial charge on any atom is 0.323 e. The van der Waals surface area contributed by atoms with E-state index in [0.29, 0.717) is 23.7 Å². The van der Waals surface area contributed by atoms with Crippen molar-refractivity contribution in [3.05, 3.63) is 53.1 Å². The van der Waals surface area contributed by atoms with Crippen LogP contribution in [0.2, 0.25) is 0 Å². The fourth-order valence-electron chi connectivity index (χ4n) is 2.69. The summed E-state index contributed by atoms with van der Waals surface area (Å²) in [6.07, 6.45) is 0. The summed E-state index contributed by atoms with van der Waals surface area (Å²) in [5, 5.41) is 8.56. The number of hydrogen-bond acceptors (Lipinski definition) is 3. The molecule has 0 heterocycles. The number of hydrogen-bond donors (Lipinski definition) is 3. The van der Waals surface area contributed by atoms with Crippen molar-refractivity contribution < 1.29 is 9.59 Å². The third kappa shape index (κ3) is 5.74. The van der Waals surface area contributed by atoms with Crippen LogP contribution in [0.15, 0.2) is 36.4 Å². The summed E-state index contributed by atoms with van der Waals surface area (Å²) in [4.78, 5) is 26.8. The Morgan fingerprint density at radius 1 is 0.929 bits per heavy atom. The van der Waals surface area contributed by atoms with E-state index in [1.807, 2.05) is 71.0 Å². The van der Waals surface area contributed by atoms with Crippen molar-refractivity contribution in [1.29, 1.82) is 0 Å². The lowest BCUT2D eigenvalue weighted by Gasteiger charge is -2.19. The van der Waals surface area contributed by atoms with Crippen molar-refractivity contribution in [3.63, 3.8) is 0 Å². The second-order valence-electron chi connectivity index (χ2n) is 7.61. The molecule has 0 saturated heterocycles. The maximum atomic E-state index is 12.6. The van der Waals surface area contributed by atoms with Gasteiger partial charge in [0, 0.05) is 37.7 Å². The molecule has 0 spiro atoms. The summed E-state index contributed by atoms with van der Waals surface area (Å²) in [6, 6.07) is 10.7.